The highest BCUT2D eigenvalue weighted by molar-refractivity contribution is 6.42. The van der Waals surface area contributed by atoms with Gasteiger partial charge in [0.2, 0.25) is 5.91 Å². The molecular formula is C19H19Cl2N5O3. The smallest absolute Gasteiger partial charge is 0.275 e. The van der Waals surface area contributed by atoms with Gasteiger partial charge >= 0.3 is 0 Å². The van der Waals surface area contributed by atoms with Crippen LogP contribution in [0.1, 0.15) is 23.7 Å². The normalized spacial score (nSPS) is 22.1. The molecule has 1 aromatic heterocycles. The summed E-state index contributed by atoms with van der Waals surface area (Å²) >= 11 is 12.2. The molecule has 0 aliphatic carbocycles. The van der Waals surface area contributed by atoms with Gasteiger partial charge in [-0.1, -0.05) is 29.3 Å². The highest BCUT2D eigenvalue weighted by atomic mass is 35.5. The minimum absolute atomic E-state index is 0.0690. The van der Waals surface area contributed by atoms with Crippen molar-refractivity contribution in [2.24, 2.45) is 11.0 Å². The van der Waals surface area contributed by atoms with Crippen molar-refractivity contribution in [1.29, 1.82) is 0 Å². The number of hydrazone groups is 1. The van der Waals surface area contributed by atoms with Gasteiger partial charge in [-0.05, 0) is 23.8 Å². The zero-order chi connectivity index (χ0) is 20.4. The molecule has 2 atom stereocenters. The highest BCUT2D eigenvalue weighted by Crippen LogP contribution is 2.32. The minimum atomic E-state index is -0.292. The van der Waals surface area contributed by atoms with E-state index in [0.717, 1.165) is 5.56 Å². The fourth-order valence-electron chi connectivity index (χ4n) is 3.55. The first-order valence-corrected chi connectivity index (χ1v) is 9.97. The van der Waals surface area contributed by atoms with E-state index in [9.17, 15) is 9.59 Å². The Hall–Kier alpha value is -2.26. The predicted octanol–water partition coefficient (Wildman–Crippen LogP) is 1.75. The Kier molecular flexibility index (Phi) is 5.96. The summed E-state index contributed by atoms with van der Waals surface area (Å²) in [7, 11) is 0. The van der Waals surface area contributed by atoms with Crippen molar-refractivity contribution in [1.82, 2.24) is 20.5 Å². The lowest BCUT2D eigenvalue weighted by Crippen LogP contribution is -2.35. The van der Waals surface area contributed by atoms with Gasteiger partial charge in [0, 0.05) is 25.2 Å². The largest absolute Gasteiger partial charge is 0.372 e. The second kappa shape index (κ2) is 8.62. The zero-order valence-corrected chi connectivity index (χ0v) is 16.9. The molecule has 3 heterocycles. The minimum Gasteiger partial charge on any atom is -0.372 e. The molecule has 0 bridgehead atoms. The van der Waals surface area contributed by atoms with Crippen molar-refractivity contribution in [3.05, 3.63) is 62.0 Å². The van der Waals surface area contributed by atoms with Crippen LogP contribution in [0.2, 0.25) is 10.0 Å². The van der Waals surface area contributed by atoms with Gasteiger partial charge in [-0.25, -0.2) is 10.1 Å². The fraction of sp³-hybridized carbons (Fsp3) is 0.368. The lowest BCUT2D eigenvalue weighted by atomic mass is 9.95. The second-order valence-corrected chi connectivity index (χ2v) is 7.75. The molecule has 10 heteroatoms. The van der Waals surface area contributed by atoms with E-state index in [-0.39, 0.29) is 29.9 Å². The third-order valence-corrected chi connectivity index (χ3v) is 5.70. The van der Waals surface area contributed by atoms with Gasteiger partial charge in [-0.2, -0.15) is 10.2 Å². The first-order valence-electron chi connectivity index (χ1n) is 9.22. The maximum absolute atomic E-state index is 12.9. The Morgan fingerprint density at radius 1 is 1.21 bits per heavy atom. The number of carbonyl (C=O) groups is 1. The Morgan fingerprint density at radius 2 is 2.07 bits per heavy atom. The number of carbonyl (C=O) groups excluding carboxylic acids is 1. The van der Waals surface area contributed by atoms with Gasteiger partial charge in [0.25, 0.3) is 5.56 Å². The van der Waals surface area contributed by atoms with Crippen LogP contribution in [0.4, 0.5) is 0 Å². The third kappa shape index (κ3) is 4.35. The predicted molar refractivity (Wildman–Crippen MR) is 109 cm³/mol. The van der Waals surface area contributed by atoms with Crippen molar-refractivity contribution in [3.8, 4) is 0 Å². The van der Waals surface area contributed by atoms with E-state index in [4.69, 9.17) is 27.9 Å². The number of amides is 1. The van der Waals surface area contributed by atoms with Crippen LogP contribution in [-0.4, -0.2) is 41.1 Å². The monoisotopic (exact) mass is 435 g/mol. The number of nitrogens with zero attached hydrogens (tertiary/aromatic N) is 3. The molecule has 4 rings (SSSR count). The Morgan fingerprint density at radius 3 is 2.83 bits per heavy atom. The summed E-state index contributed by atoms with van der Waals surface area (Å²) in [6.45, 7) is 2.22. The molecule has 8 nitrogen and oxygen atoms in total. The van der Waals surface area contributed by atoms with Gasteiger partial charge in [0.05, 0.1) is 47.0 Å². The van der Waals surface area contributed by atoms with Crippen molar-refractivity contribution >= 4 is 34.8 Å². The average Bonchev–Trinajstić information content (AvgIpc) is 3.00. The van der Waals surface area contributed by atoms with Crippen LogP contribution < -0.4 is 16.3 Å². The molecule has 0 unspecified atom stereocenters. The van der Waals surface area contributed by atoms with Crippen molar-refractivity contribution < 1.29 is 9.53 Å². The van der Waals surface area contributed by atoms with Crippen LogP contribution >= 0.6 is 23.2 Å². The summed E-state index contributed by atoms with van der Waals surface area (Å²) in [5.74, 6) is -0.302. The van der Waals surface area contributed by atoms with Gasteiger partial charge in [0.1, 0.15) is 0 Å². The van der Waals surface area contributed by atoms with Gasteiger partial charge in [0.15, 0.2) is 0 Å². The Bertz CT molecular complexity index is 1020. The van der Waals surface area contributed by atoms with Crippen molar-refractivity contribution in [2.75, 3.05) is 19.7 Å². The molecule has 152 valence electrons. The third-order valence-electron chi connectivity index (χ3n) is 4.96. The van der Waals surface area contributed by atoms with Crippen LogP contribution in [0.5, 0.6) is 0 Å². The summed E-state index contributed by atoms with van der Waals surface area (Å²) in [5.41, 5.74) is 3.76. The van der Waals surface area contributed by atoms with E-state index >= 15 is 0 Å². The quantitative estimate of drug-likeness (QED) is 0.762. The first kappa shape index (κ1) is 20.0. The molecule has 29 heavy (non-hydrogen) atoms. The fourth-order valence-corrected chi connectivity index (χ4v) is 3.85. The SMILES string of the molecule is O=C1CC(c2ccnn(C[C@@H]3CNCCO[C@H]3c3ccc(Cl)c(Cl)c3)c2=O)=NN1. The van der Waals surface area contributed by atoms with E-state index in [1.807, 2.05) is 6.07 Å². The summed E-state index contributed by atoms with van der Waals surface area (Å²) in [6.07, 6.45) is 1.35. The number of rotatable bonds is 4. The maximum Gasteiger partial charge on any atom is 0.275 e. The zero-order valence-electron chi connectivity index (χ0n) is 15.4. The lowest BCUT2D eigenvalue weighted by Gasteiger charge is -2.25. The van der Waals surface area contributed by atoms with E-state index in [1.165, 1.54) is 4.68 Å². The average molecular weight is 436 g/mol. The van der Waals surface area contributed by atoms with Crippen LogP contribution in [0.3, 0.4) is 0 Å². The number of ether oxygens (including phenoxy) is 1. The van der Waals surface area contributed by atoms with Gasteiger partial charge < -0.3 is 10.1 Å². The molecule has 2 aromatic rings. The van der Waals surface area contributed by atoms with Crippen molar-refractivity contribution in [3.63, 3.8) is 0 Å². The highest BCUT2D eigenvalue weighted by Gasteiger charge is 2.28. The second-order valence-electron chi connectivity index (χ2n) is 6.93. The summed E-state index contributed by atoms with van der Waals surface area (Å²) in [4.78, 5) is 24.4. The standard InChI is InChI=1S/C19H19Cl2N5O3/c20-14-2-1-11(7-15(14)21)18-12(9-22-5-6-29-18)10-26-19(28)13(3-4-23-26)16-8-17(27)25-24-16/h1-4,7,12,18,22H,5-6,8-10H2,(H,25,27)/t12-,18-/m0/s1. The van der Waals surface area contributed by atoms with E-state index in [1.54, 1.807) is 24.4 Å². The maximum atomic E-state index is 12.9. The number of halogens is 2. The number of benzene rings is 1. The summed E-state index contributed by atoms with van der Waals surface area (Å²) in [5, 5.41) is 12.4. The van der Waals surface area contributed by atoms with E-state index < -0.39 is 0 Å². The topological polar surface area (TPSA) is 97.6 Å². The molecule has 0 spiro atoms. The molecule has 1 amide bonds. The number of hydrogen-bond donors (Lipinski definition) is 2. The van der Waals surface area contributed by atoms with Crippen LogP contribution in [0, 0.1) is 5.92 Å². The molecule has 1 aromatic carbocycles. The number of hydrogen-bond acceptors (Lipinski definition) is 6. The Balaban J connectivity index is 1.63. The van der Waals surface area contributed by atoms with E-state index in [2.05, 4.69) is 20.9 Å². The summed E-state index contributed by atoms with van der Waals surface area (Å²) < 4.78 is 7.46. The van der Waals surface area contributed by atoms with Crippen molar-refractivity contribution in [2.45, 2.75) is 19.1 Å². The molecule has 2 N–H and O–H groups in total. The molecule has 1 fully saturated rings. The molecule has 2 aliphatic heterocycles. The molecule has 1 saturated heterocycles. The number of aromatic nitrogens is 2. The van der Waals surface area contributed by atoms with E-state index in [0.29, 0.717) is 47.6 Å². The molecular weight excluding hydrogens is 417 g/mol. The van der Waals surface area contributed by atoms with Crippen LogP contribution in [0.25, 0.3) is 0 Å². The summed E-state index contributed by atoms with van der Waals surface area (Å²) in [6, 6.07) is 7.00. The van der Waals surface area contributed by atoms with Gasteiger partial charge in [-0.3, -0.25) is 9.59 Å². The molecule has 0 radical (unpaired) electrons. The molecule has 0 saturated carbocycles. The lowest BCUT2D eigenvalue weighted by molar-refractivity contribution is -0.119. The number of nitrogens with one attached hydrogen (secondary N) is 2. The van der Waals surface area contributed by atoms with Gasteiger partial charge in [-0.15, -0.1) is 0 Å². The first-order chi connectivity index (χ1) is 14.0. The van der Waals surface area contributed by atoms with Crippen LogP contribution in [-0.2, 0) is 16.1 Å². The van der Waals surface area contributed by atoms with Crippen LogP contribution in [0.15, 0.2) is 40.4 Å². The Labute approximate surface area is 176 Å². The molecule has 2 aliphatic rings.